The monoisotopic (exact) mass is 401 g/mol. The van der Waals surface area contributed by atoms with Gasteiger partial charge >= 0.3 is 6.11 Å². The van der Waals surface area contributed by atoms with Crippen molar-refractivity contribution in [2.75, 3.05) is 23.0 Å². The van der Waals surface area contributed by atoms with Crippen LogP contribution < -0.4 is 20.7 Å². The number of hydrogen-bond donors (Lipinski definition) is 3. The highest BCUT2D eigenvalue weighted by Gasteiger charge is 2.61. The smallest absolute Gasteiger partial charge is 0.428 e. The average molecular weight is 401 g/mol. The number of pyridine rings is 1. The van der Waals surface area contributed by atoms with E-state index in [2.05, 4.69) is 42.6 Å². The molecule has 0 bridgehead atoms. The molecule has 1 saturated heterocycles. The van der Waals surface area contributed by atoms with Gasteiger partial charge < -0.3 is 25.4 Å². The molecule has 3 N–H and O–H groups in total. The third-order valence-electron chi connectivity index (χ3n) is 4.11. The summed E-state index contributed by atoms with van der Waals surface area (Å²) in [5, 5.41) is 8.86. The number of aliphatic imine (C=N–C) groups is 3. The first kappa shape index (κ1) is 18.7. The van der Waals surface area contributed by atoms with Crippen LogP contribution >= 0.6 is 0 Å². The summed E-state index contributed by atoms with van der Waals surface area (Å²) in [7, 11) is 1.55. The predicted molar refractivity (Wildman–Crippen MR) is 106 cm³/mol. The summed E-state index contributed by atoms with van der Waals surface area (Å²) in [5.41, 5.74) is 1.66. The Kier molecular flexibility index (Phi) is 4.80. The van der Waals surface area contributed by atoms with Crippen LogP contribution in [0.4, 0.5) is 25.8 Å². The molecule has 4 rings (SSSR count). The van der Waals surface area contributed by atoms with E-state index in [0.29, 0.717) is 11.4 Å². The van der Waals surface area contributed by atoms with Crippen molar-refractivity contribution in [1.82, 2.24) is 4.98 Å². The zero-order valence-corrected chi connectivity index (χ0v) is 15.3. The van der Waals surface area contributed by atoms with Gasteiger partial charge in [-0.05, 0) is 37.0 Å². The molecule has 2 aromatic rings. The Morgan fingerprint density at radius 2 is 1.93 bits per heavy atom. The molecule has 2 unspecified atom stereocenters. The molecule has 1 aromatic heterocycles. The summed E-state index contributed by atoms with van der Waals surface area (Å²) >= 11 is 0. The SMILES string of the molecule is C=NC(=NC(=NC)Nc1ccc2c(c1)NC1OC1C(F)(F)O2)Nc1ccncc1. The van der Waals surface area contributed by atoms with E-state index in [1.165, 1.54) is 6.07 Å². The summed E-state index contributed by atoms with van der Waals surface area (Å²) in [6.07, 6.45) is -2.23. The number of anilines is 3. The zero-order valence-electron chi connectivity index (χ0n) is 15.3. The molecule has 0 saturated carbocycles. The van der Waals surface area contributed by atoms with Crippen LogP contribution in [0.5, 0.6) is 5.75 Å². The van der Waals surface area contributed by atoms with Crippen molar-refractivity contribution in [2.24, 2.45) is 15.0 Å². The summed E-state index contributed by atoms with van der Waals surface area (Å²) in [6, 6.07) is 8.11. The third-order valence-corrected chi connectivity index (χ3v) is 4.11. The second-order valence-corrected chi connectivity index (χ2v) is 6.12. The van der Waals surface area contributed by atoms with Crippen molar-refractivity contribution in [3.05, 3.63) is 42.7 Å². The van der Waals surface area contributed by atoms with E-state index in [-0.39, 0.29) is 17.7 Å². The molecule has 2 atom stereocenters. The van der Waals surface area contributed by atoms with Gasteiger partial charge in [0.15, 0.2) is 6.23 Å². The number of guanidine groups is 2. The topological polar surface area (TPSA) is 108 Å². The third kappa shape index (κ3) is 4.14. The molecule has 3 heterocycles. The minimum atomic E-state index is -3.39. The number of nitrogens with zero attached hydrogens (tertiary/aromatic N) is 4. The number of rotatable bonds is 2. The van der Waals surface area contributed by atoms with Crippen LogP contribution in [0.1, 0.15) is 0 Å². The lowest BCUT2D eigenvalue weighted by atomic mass is 10.2. The Morgan fingerprint density at radius 1 is 1.17 bits per heavy atom. The van der Waals surface area contributed by atoms with Crippen LogP contribution in [0.3, 0.4) is 0 Å². The molecule has 150 valence electrons. The van der Waals surface area contributed by atoms with Gasteiger partial charge in [0.05, 0.1) is 5.69 Å². The van der Waals surface area contributed by atoms with E-state index in [4.69, 9.17) is 9.47 Å². The van der Waals surface area contributed by atoms with Crippen LogP contribution in [-0.4, -0.2) is 49.1 Å². The Hall–Kier alpha value is -3.60. The molecule has 2 aliphatic rings. The van der Waals surface area contributed by atoms with Crippen molar-refractivity contribution in [3.8, 4) is 5.75 Å². The Bertz CT molecular complexity index is 981. The summed E-state index contributed by atoms with van der Waals surface area (Å²) in [5.74, 6) is 0.478. The van der Waals surface area contributed by atoms with Gasteiger partial charge in [0, 0.05) is 30.8 Å². The van der Waals surface area contributed by atoms with Crippen molar-refractivity contribution in [3.63, 3.8) is 0 Å². The summed E-state index contributed by atoms with van der Waals surface area (Å²) in [4.78, 5) is 16.1. The number of ether oxygens (including phenoxy) is 2. The van der Waals surface area contributed by atoms with Crippen molar-refractivity contribution in [2.45, 2.75) is 18.4 Å². The summed E-state index contributed by atoms with van der Waals surface area (Å²) in [6.45, 7) is 3.49. The number of epoxide rings is 1. The fraction of sp³-hybridized carbons (Fsp3) is 0.222. The number of aromatic nitrogens is 1. The second kappa shape index (κ2) is 7.43. The Balaban J connectivity index is 1.51. The molecule has 29 heavy (non-hydrogen) atoms. The molecule has 0 spiro atoms. The molecule has 2 aliphatic heterocycles. The molecule has 0 amide bonds. The van der Waals surface area contributed by atoms with Gasteiger partial charge in [0.2, 0.25) is 18.0 Å². The van der Waals surface area contributed by atoms with Gasteiger partial charge in [-0.25, -0.2) is 4.99 Å². The second-order valence-electron chi connectivity index (χ2n) is 6.12. The highest BCUT2D eigenvalue weighted by atomic mass is 19.3. The first-order chi connectivity index (χ1) is 14.0. The molecule has 0 radical (unpaired) electrons. The van der Waals surface area contributed by atoms with E-state index >= 15 is 0 Å². The fourth-order valence-corrected chi connectivity index (χ4v) is 2.68. The lowest BCUT2D eigenvalue weighted by molar-refractivity contribution is -0.189. The summed E-state index contributed by atoms with van der Waals surface area (Å²) < 4.78 is 37.4. The number of benzene rings is 1. The van der Waals surface area contributed by atoms with Crippen molar-refractivity contribution >= 4 is 35.7 Å². The van der Waals surface area contributed by atoms with Crippen LogP contribution in [-0.2, 0) is 4.74 Å². The first-order valence-electron chi connectivity index (χ1n) is 8.57. The largest absolute Gasteiger partial charge is 0.429 e. The normalized spacial score (nSPS) is 22.2. The number of hydrogen-bond acceptors (Lipinski definition) is 5. The van der Waals surface area contributed by atoms with E-state index < -0.39 is 18.4 Å². The minimum absolute atomic E-state index is 0.0302. The molecule has 1 aromatic carbocycles. The van der Waals surface area contributed by atoms with Crippen LogP contribution in [0.25, 0.3) is 0 Å². The lowest BCUT2D eigenvalue weighted by Gasteiger charge is -2.16. The number of nitrogens with one attached hydrogen (secondary N) is 3. The number of fused-ring (bicyclic) bond motifs is 2. The molecular formula is C18H17F2N7O2. The standard InChI is InChI=1S/C18H17F2N7O2/c1-21-16(24-10-5-7-23-8-6-10)27-17(22-2)25-11-3-4-13-12(9-11)26-15-14(28-15)18(19,20)29-13/h3-9,14-15,26H,1H2,2H3,(H2,22,23,24,25,27). The predicted octanol–water partition coefficient (Wildman–Crippen LogP) is 2.77. The lowest BCUT2D eigenvalue weighted by Crippen LogP contribution is -2.32. The van der Waals surface area contributed by atoms with Crippen LogP contribution in [0.15, 0.2) is 57.7 Å². The molecule has 1 fully saturated rings. The Labute approximate surface area is 164 Å². The van der Waals surface area contributed by atoms with Crippen LogP contribution in [0.2, 0.25) is 0 Å². The van der Waals surface area contributed by atoms with Gasteiger partial charge in [-0.15, -0.1) is 0 Å². The highest BCUT2D eigenvalue weighted by molar-refractivity contribution is 6.07. The maximum atomic E-state index is 13.8. The number of halogens is 2. The van der Waals surface area contributed by atoms with E-state index in [1.807, 2.05) is 0 Å². The highest BCUT2D eigenvalue weighted by Crippen LogP contribution is 2.45. The first-order valence-corrected chi connectivity index (χ1v) is 8.57. The van der Waals surface area contributed by atoms with Gasteiger partial charge in [-0.1, -0.05) is 0 Å². The average Bonchev–Trinajstić information content (AvgIpc) is 3.50. The van der Waals surface area contributed by atoms with E-state index in [0.717, 1.165) is 5.69 Å². The maximum absolute atomic E-state index is 13.8. The Morgan fingerprint density at radius 3 is 2.66 bits per heavy atom. The van der Waals surface area contributed by atoms with Crippen molar-refractivity contribution in [1.29, 1.82) is 0 Å². The maximum Gasteiger partial charge on any atom is 0.429 e. The van der Waals surface area contributed by atoms with Gasteiger partial charge in [-0.2, -0.15) is 13.8 Å². The van der Waals surface area contributed by atoms with E-state index in [9.17, 15) is 8.78 Å². The van der Waals surface area contributed by atoms with Gasteiger partial charge in [-0.3, -0.25) is 9.98 Å². The molecule has 9 nitrogen and oxygen atoms in total. The molecule has 11 heteroatoms. The number of alkyl halides is 2. The quantitative estimate of drug-likeness (QED) is 0.406. The van der Waals surface area contributed by atoms with Crippen LogP contribution in [0, 0.1) is 0 Å². The molecule has 0 aliphatic carbocycles. The molecular weight excluding hydrogens is 384 g/mol. The van der Waals surface area contributed by atoms with Gasteiger partial charge in [0.25, 0.3) is 0 Å². The zero-order chi connectivity index (χ0) is 20.4. The minimum Gasteiger partial charge on any atom is -0.428 e. The van der Waals surface area contributed by atoms with Crippen molar-refractivity contribution < 1.29 is 18.3 Å². The van der Waals surface area contributed by atoms with E-state index in [1.54, 1.807) is 43.7 Å². The fourth-order valence-electron chi connectivity index (χ4n) is 2.68. The van der Waals surface area contributed by atoms with Gasteiger partial charge in [0.1, 0.15) is 5.75 Å².